The molecule has 9 nitrogen and oxygen atoms in total. The minimum Gasteiger partial charge on any atom is -0.369 e. The zero-order chi connectivity index (χ0) is 21.2. The molecule has 2 rings (SSSR count). The zero-order valence-corrected chi connectivity index (χ0v) is 11.2. The van der Waals surface area contributed by atoms with Crippen LogP contribution in [0, 0.1) is 10.1 Å². The maximum atomic E-state index is 8.36. The summed E-state index contributed by atoms with van der Waals surface area (Å²) in [7, 11) is 0. The van der Waals surface area contributed by atoms with Crippen LogP contribution in [0.3, 0.4) is 0 Å². The summed E-state index contributed by atoms with van der Waals surface area (Å²) in [5.74, 6) is -0.896. The summed E-state index contributed by atoms with van der Waals surface area (Å²) in [6.45, 7) is -6.13. The molecule has 21 heavy (non-hydrogen) atoms. The van der Waals surface area contributed by atoms with Gasteiger partial charge >= 0.3 is 0 Å². The summed E-state index contributed by atoms with van der Waals surface area (Å²) < 4.78 is 46.6. The van der Waals surface area contributed by atoms with Crippen molar-refractivity contribution in [3.8, 4) is 0 Å². The molecule has 114 valence electrons. The van der Waals surface area contributed by atoms with Crippen molar-refractivity contribution in [3.05, 3.63) is 39.4 Å². The molecule has 0 radical (unpaired) electrons. The van der Waals surface area contributed by atoms with E-state index in [2.05, 4.69) is 9.98 Å². The van der Waals surface area contributed by atoms with Gasteiger partial charge in [0.05, 0.1) is 0 Å². The number of aliphatic imine (C=N–C) groups is 2. The van der Waals surface area contributed by atoms with Crippen LogP contribution in [-0.4, -0.2) is 27.9 Å². The van der Waals surface area contributed by atoms with Crippen LogP contribution in [0.25, 0.3) is 0 Å². The van der Waals surface area contributed by atoms with Crippen molar-refractivity contribution < 1.29 is 18.5 Å². The summed E-state index contributed by atoms with van der Waals surface area (Å²) in [6.07, 6.45) is 0. The Hall–Kier alpha value is -2.55. The largest absolute Gasteiger partial charge is 0.369 e. The molecule has 0 fully saturated rings. The Morgan fingerprint density at radius 2 is 1.95 bits per heavy atom. The maximum absolute atomic E-state index is 8.36. The number of guanidine groups is 2. The van der Waals surface area contributed by atoms with Crippen LogP contribution in [0.2, 0.25) is 5.02 Å². The predicted octanol–water partition coefficient (Wildman–Crippen LogP) is 1.18. The van der Waals surface area contributed by atoms with Crippen LogP contribution in [-0.2, 0) is 0 Å². The number of hydrogen-bond acceptors (Lipinski definition) is 7. The standard InChI is InChI=1S/C11H14ClN5.HNO3/c1-11(2)16-9(13)15-10(14)17(11)8-5-3-7(12)4-6-8;2-1(3)4/h3-6H,1-2H3,(H4,13,14,15,16);(H,2,3,4)/i1D3,2D3;. The number of rotatable bonds is 1. The van der Waals surface area contributed by atoms with Gasteiger partial charge in [0.1, 0.15) is 5.66 Å². The number of anilines is 1. The smallest absolute Gasteiger partial charge is 0.291 e. The first-order chi connectivity index (χ1) is 12.1. The monoisotopic (exact) mass is 320 g/mol. The van der Waals surface area contributed by atoms with Gasteiger partial charge in [-0.15, -0.1) is 10.1 Å². The number of halogens is 1. The molecule has 0 unspecified atom stereocenters. The van der Waals surface area contributed by atoms with Gasteiger partial charge in [0.2, 0.25) is 11.9 Å². The Bertz CT molecular complexity index is 745. The molecule has 10 heteroatoms. The molecule has 0 amide bonds. The quantitative estimate of drug-likeness (QED) is 0.523. The highest BCUT2D eigenvalue weighted by Crippen LogP contribution is 2.28. The first-order valence-corrected chi connectivity index (χ1v) is 5.60. The van der Waals surface area contributed by atoms with Crippen molar-refractivity contribution in [1.82, 2.24) is 0 Å². The van der Waals surface area contributed by atoms with Crippen LogP contribution in [0.5, 0.6) is 0 Å². The lowest BCUT2D eigenvalue weighted by Gasteiger charge is -2.38. The van der Waals surface area contributed by atoms with Gasteiger partial charge in [-0.1, -0.05) is 11.6 Å². The molecule has 1 heterocycles. The molecule has 0 atom stereocenters. The molecule has 1 aromatic carbocycles. The fraction of sp³-hybridized carbons (Fsp3) is 0.273. The molecule has 0 saturated carbocycles. The average molecular weight is 321 g/mol. The minimum atomic E-state index is -3.07. The lowest BCUT2D eigenvalue weighted by Crippen LogP contribution is -2.54. The third kappa shape index (κ3) is 4.49. The van der Waals surface area contributed by atoms with Crippen molar-refractivity contribution in [3.63, 3.8) is 0 Å². The Morgan fingerprint density at radius 1 is 1.43 bits per heavy atom. The van der Waals surface area contributed by atoms with Crippen molar-refractivity contribution >= 4 is 29.2 Å². The van der Waals surface area contributed by atoms with E-state index in [1.807, 2.05) is 0 Å². The summed E-state index contributed by atoms with van der Waals surface area (Å²) in [5, 5.41) is 14.0. The van der Waals surface area contributed by atoms with Crippen molar-refractivity contribution in [2.24, 2.45) is 21.5 Å². The minimum absolute atomic E-state index is 0.166. The van der Waals surface area contributed by atoms with Gasteiger partial charge in [-0.2, -0.15) is 4.99 Å². The highest BCUT2D eigenvalue weighted by Gasteiger charge is 2.32. The van der Waals surface area contributed by atoms with Crippen molar-refractivity contribution in [1.29, 1.82) is 0 Å². The molecule has 1 aliphatic rings. The second-order valence-electron chi connectivity index (χ2n) is 3.66. The van der Waals surface area contributed by atoms with Gasteiger partial charge in [-0.05, 0) is 38.0 Å². The molecule has 5 N–H and O–H groups in total. The van der Waals surface area contributed by atoms with E-state index >= 15 is 0 Å². The summed E-state index contributed by atoms with van der Waals surface area (Å²) >= 11 is 5.81. The van der Waals surface area contributed by atoms with E-state index in [1.165, 1.54) is 24.3 Å². The van der Waals surface area contributed by atoms with Crippen molar-refractivity contribution in [2.75, 3.05) is 4.90 Å². The molecule has 0 aliphatic carbocycles. The van der Waals surface area contributed by atoms with Gasteiger partial charge in [-0.3, -0.25) is 4.90 Å². The molecule has 0 spiro atoms. The molecule has 1 aromatic rings. The Balaban J connectivity index is 0.000000828. The van der Waals surface area contributed by atoms with Crippen LogP contribution < -0.4 is 16.4 Å². The molecule has 1 aliphatic heterocycles. The van der Waals surface area contributed by atoms with Gasteiger partial charge in [-0.25, -0.2) is 4.99 Å². The number of hydrogen-bond donors (Lipinski definition) is 3. The predicted molar refractivity (Wildman–Crippen MR) is 80.0 cm³/mol. The van der Waals surface area contributed by atoms with E-state index in [1.54, 1.807) is 0 Å². The zero-order valence-electron chi connectivity index (χ0n) is 16.4. The fourth-order valence-electron chi connectivity index (χ4n) is 1.48. The average Bonchev–Trinajstić information content (AvgIpc) is 2.45. The number of nitrogens with two attached hydrogens (primary N) is 2. The highest BCUT2D eigenvalue weighted by molar-refractivity contribution is 6.30. The number of nitrogens with zero attached hydrogens (tertiary/aromatic N) is 4. The van der Waals surface area contributed by atoms with E-state index in [-0.39, 0.29) is 11.6 Å². The maximum Gasteiger partial charge on any atom is 0.291 e. The third-order valence-electron chi connectivity index (χ3n) is 2.14. The summed E-state index contributed by atoms with van der Waals surface area (Å²) in [5.41, 5.74) is 8.76. The number of benzene rings is 1. The first kappa shape index (κ1) is 9.40. The lowest BCUT2D eigenvalue weighted by molar-refractivity contribution is -0.742. The third-order valence-corrected chi connectivity index (χ3v) is 2.39. The van der Waals surface area contributed by atoms with Crippen LogP contribution in [0.1, 0.15) is 21.9 Å². The van der Waals surface area contributed by atoms with Crippen LogP contribution in [0.4, 0.5) is 5.69 Å². The van der Waals surface area contributed by atoms with Crippen LogP contribution >= 0.6 is 11.6 Å². The van der Waals surface area contributed by atoms with E-state index in [0.717, 1.165) is 4.90 Å². The van der Waals surface area contributed by atoms with Gasteiger partial charge in [0.25, 0.3) is 5.09 Å². The lowest BCUT2D eigenvalue weighted by atomic mass is 10.1. The summed E-state index contributed by atoms with van der Waals surface area (Å²) in [6, 6.07) is 5.78. The Morgan fingerprint density at radius 3 is 2.43 bits per heavy atom. The van der Waals surface area contributed by atoms with E-state index in [4.69, 9.17) is 46.6 Å². The second kappa shape index (κ2) is 6.27. The molecule has 0 bridgehead atoms. The van der Waals surface area contributed by atoms with Crippen molar-refractivity contribution in [2.45, 2.75) is 19.4 Å². The first-order valence-electron chi connectivity index (χ1n) is 8.22. The second-order valence-corrected chi connectivity index (χ2v) is 4.10. The fourth-order valence-corrected chi connectivity index (χ4v) is 1.61. The molecular weight excluding hydrogens is 300 g/mol. The van der Waals surface area contributed by atoms with Gasteiger partial charge < -0.3 is 16.7 Å². The highest BCUT2D eigenvalue weighted by atomic mass is 35.5. The SMILES string of the molecule is O=[N+]([O-])O.[2H]C([2H])([2H])C1(C([2H])([2H])[2H])N=C(N)N=C(N)N1c1ccc(Cl)cc1. The van der Waals surface area contributed by atoms with E-state index in [0.29, 0.717) is 5.02 Å². The Kier molecular flexibility index (Phi) is 2.80. The molecule has 0 aromatic heterocycles. The van der Waals surface area contributed by atoms with Gasteiger partial charge in [0, 0.05) is 18.9 Å². The molecule has 0 saturated heterocycles. The topological polar surface area (TPSA) is 143 Å². The van der Waals surface area contributed by atoms with Gasteiger partial charge in [0.15, 0.2) is 0 Å². The van der Waals surface area contributed by atoms with E-state index < -0.39 is 30.4 Å². The van der Waals surface area contributed by atoms with Crippen LogP contribution in [0.15, 0.2) is 34.3 Å². The summed E-state index contributed by atoms with van der Waals surface area (Å²) in [4.78, 5) is 16.6. The molecular formula is C11H15ClN6O3. The normalized spacial score (nSPS) is 21.7. The van der Waals surface area contributed by atoms with E-state index in [9.17, 15) is 0 Å². The Labute approximate surface area is 134 Å².